The van der Waals surface area contributed by atoms with Crippen molar-refractivity contribution >= 4 is 11.9 Å². The van der Waals surface area contributed by atoms with Gasteiger partial charge in [-0.3, -0.25) is 0 Å². The van der Waals surface area contributed by atoms with Crippen LogP contribution in [-0.4, -0.2) is 44.3 Å². The van der Waals surface area contributed by atoms with Crippen molar-refractivity contribution in [1.29, 1.82) is 10.8 Å². The van der Waals surface area contributed by atoms with Gasteiger partial charge in [0.05, 0.1) is 0 Å². The molecule has 2 aliphatic rings. The lowest BCUT2D eigenvalue weighted by molar-refractivity contribution is 0.0655. The molecule has 2 aromatic rings. The van der Waals surface area contributed by atoms with E-state index in [0.29, 0.717) is 23.8 Å². The molecular formula is C24H29N3O3. The predicted molar refractivity (Wildman–Crippen MR) is 118 cm³/mol. The summed E-state index contributed by atoms with van der Waals surface area (Å²) in [4.78, 5) is 0. The van der Waals surface area contributed by atoms with Crippen LogP contribution in [0, 0.1) is 16.7 Å². The molecule has 0 spiro atoms. The molecular weight excluding hydrogens is 378 g/mol. The van der Waals surface area contributed by atoms with E-state index in [-0.39, 0.29) is 6.10 Å². The van der Waals surface area contributed by atoms with E-state index in [1.165, 1.54) is 11.8 Å². The van der Waals surface area contributed by atoms with Crippen LogP contribution in [0.1, 0.15) is 30.4 Å². The third kappa shape index (κ3) is 5.26. The highest BCUT2D eigenvalue weighted by molar-refractivity contribution is 6.04. The van der Waals surface area contributed by atoms with Gasteiger partial charge in [0, 0.05) is 50.6 Å². The normalized spacial score (nSPS) is 18.5. The number of benzene rings is 2. The SMILES string of the molecule is N=CCC(=N)c1ccc(Oc2ccc3c(c2)OC(CNCC2CCOCC2)C3)cc1. The number of rotatable bonds is 9. The van der Waals surface area contributed by atoms with Gasteiger partial charge < -0.3 is 30.3 Å². The molecule has 3 N–H and O–H groups in total. The summed E-state index contributed by atoms with van der Waals surface area (Å²) in [5, 5.41) is 18.6. The first kappa shape index (κ1) is 20.6. The molecule has 6 heteroatoms. The average Bonchev–Trinajstić information content (AvgIpc) is 3.17. The summed E-state index contributed by atoms with van der Waals surface area (Å²) in [5.74, 6) is 3.07. The van der Waals surface area contributed by atoms with E-state index in [9.17, 15) is 0 Å². The van der Waals surface area contributed by atoms with Crippen LogP contribution in [0.5, 0.6) is 17.2 Å². The first-order valence-electron chi connectivity index (χ1n) is 10.6. The van der Waals surface area contributed by atoms with Crippen molar-refractivity contribution in [1.82, 2.24) is 5.32 Å². The number of fused-ring (bicyclic) bond motifs is 1. The molecule has 30 heavy (non-hydrogen) atoms. The van der Waals surface area contributed by atoms with Crippen molar-refractivity contribution in [3.8, 4) is 17.2 Å². The second-order valence-electron chi connectivity index (χ2n) is 7.94. The molecule has 2 heterocycles. The van der Waals surface area contributed by atoms with E-state index in [0.717, 1.165) is 62.6 Å². The van der Waals surface area contributed by atoms with Gasteiger partial charge in [0.25, 0.3) is 0 Å². The van der Waals surface area contributed by atoms with E-state index in [1.54, 1.807) is 0 Å². The second kappa shape index (κ2) is 9.87. The largest absolute Gasteiger partial charge is 0.488 e. The van der Waals surface area contributed by atoms with Gasteiger partial charge in [-0.05, 0) is 66.8 Å². The Labute approximate surface area is 177 Å². The van der Waals surface area contributed by atoms with Gasteiger partial charge >= 0.3 is 0 Å². The zero-order valence-corrected chi connectivity index (χ0v) is 17.2. The lowest BCUT2D eigenvalue weighted by atomic mass is 10.0. The lowest BCUT2D eigenvalue weighted by Gasteiger charge is -2.23. The van der Waals surface area contributed by atoms with Crippen molar-refractivity contribution in [3.05, 3.63) is 53.6 Å². The molecule has 4 rings (SSSR count). The van der Waals surface area contributed by atoms with Gasteiger partial charge in [0.2, 0.25) is 0 Å². The minimum absolute atomic E-state index is 0.161. The first-order valence-corrected chi connectivity index (χ1v) is 10.6. The Bertz CT molecular complexity index is 876. The third-order valence-corrected chi connectivity index (χ3v) is 5.67. The summed E-state index contributed by atoms with van der Waals surface area (Å²) < 4.78 is 17.5. The topological polar surface area (TPSA) is 87.4 Å². The van der Waals surface area contributed by atoms with Crippen LogP contribution in [0.25, 0.3) is 0 Å². The van der Waals surface area contributed by atoms with Crippen LogP contribution in [0.3, 0.4) is 0 Å². The molecule has 0 aliphatic carbocycles. The molecule has 6 nitrogen and oxygen atoms in total. The molecule has 1 saturated heterocycles. The van der Waals surface area contributed by atoms with Crippen molar-refractivity contribution in [2.75, 3.05) is 26.3 Å². The van der Waals surface area contributed by atoms with Crippen LogP contribution in [0.2, 0.25) is 0 Å². The molecule has 0 saturated carbocycles. The van der Waals surface area contributed by atoms with Crippen LogP contribution in [0.15, 0.2) is 42.5 Å². The van der Waals surface area contributed by atoms with E-state index in [2.05, 4.69) is 11.4 Å². The minimum Gasteiger partial charge on any atom is -0.488 e. The Hall–Kier alpha value is -2.70. The van der Waals surface area contributed by atoms with Crippen LogP contribution in [0.4, 0.5) is 0 Å². The van der Waals surface area contributed by atoms with Gasteiger partial charge in [-0.15, -0.1) is 0 Å². The fourth-order valence-corrected chi connectivity index (χ4v) is 3.94. The maximum Gasteiger partial charge on any atom is 0.131 e. The molecule has 1 fully saturated rings. The molecule has 1 atom stereocenters. The van der Waals surface area contributed by atoms with Gasteiger partial charge in [-0.2, -0.15) is 0 Å². The summed E-state index contributed by atoms with van der Waals surface area (Å²) in [6.45, 7) is 3.65. The highest BCUT2D eigenvalue weighted by Crippen LogP contribution is 2.34. The Balaban J connectivity index is 1.28. The minimum atomic E-state index is 0.161. The summed E-state index contributed by atoms with van der Waals surface area (Å²) in [6.07, 6.45) is 4.95. The van der Waals surface area contributed by atoms with Gasteiger partial charge in [0.1, 0.15) is 23.4 Å². The number of ether oxygens (including phenoxy) is 3. The van der Waals surface area contributed by atoms with Crippen molar-refractivity contribution in [2.24, 2.45) is 5.92 Å². The molecule has 0 radical (unpaired) electrons. The first-order chi connectivity index (χ1) is 14.7. The molecule has 2 aromatic carbocycles. The third-order valence-electron chi connectivity index (χ3n) is 5.67. The highest BCUT2D eigenvalue weighted by Gasteiger charge is 2.24. The summed E-state index contributed by atoms with van der Waals surface area (Å²) >= 11 is 0. The van der Waals surface area contributed by atoms with Crippen molar-refractivity contribution < 1.29 is 14.2 Å². The monoisotopic (exact) mass is 407 g/mol. The predicted octanol–water partition coefficient (Wildman–Crippen LogP) is 4.21. The van der Waals surface area contributed by atoms with Crippen LogP contribution in [-0.2, 0) is 11.2 Å². The molecule has 0 bridgehead atoms. The Morgan fingerprint density at radius 3 is 2.60 bits per heavy atom. The molecule has 0 aromatic heterocycles. The van der Waals surface area contributed by atoms with E-state index < -0.39 is 0 Å². The summed E-state index contributed by atoms with van der Waals surface area (Å²) in [5.41, 5.74) is 2.45. The number of hydrogen-bond donors (Lipinski definition) is 3. The van der Waals surface area contributed by atoms with Gasteiger partial charge in [-0.1, -0.05) is 6.07 Å². The van der Waals surface area contributed by atoms with Crippen molar-refractivity contribution in [2.45, 2.75) is 31.8 Å². The van der Waals surface area contributed by atoms with E-state index in [4.69, 9.17) is 25.0 Å². The standard InChI is InChI=1S/C24H29N3O3/c25-10-7-23(26)18-1-4-20(5-2-18)29-21-6-3-19-13-22(30-24(19)14-21)16-27-15-17-8-11-28-12-9-17/h1-6,10,14,17,22,25-27H,7-9,11-13,15-16H2. The maximum absolute atomic E-state index is 7.91. The van der Waals surface area contributed by atoms with Crippen molar-refractivity contribution in [3.63, 3.8) is 0 Å². The quantitative estimate of drug-likeness (QED) is 0.544. The smallest absolute Gasteiger partial charge is 0.131 e. The Kier molecular flexibility index (Phi) is 6.77. The zero-order valence-electron chi connectivity index (χ0n) is 17.2. The average molecular weight is 408 g/mol. The molecule has 2 aliphatic heterocycles. The summed E-state index contributed by atoms with van der Waals surface area (Å²) in [7, 11) is 0. The van der Waals surface area contributed by atoms with Crippen LogP contribution < -0.4 is 14.8 Å². The Morgan fingerprint density at radius 1 is 1.07 bits per heavy atom. The van der Waals surface area contributed by atoms with Gasteiger partial charge in [-0.25, -0.2) is 0 Å². The fourth-order valence-electron chi connectivity index (χ4n) is 3.94. The maximum atomic E-state index is 7.91. The molecule has 0 amide bonds. The fraction of sp³-hybridized carbons (Fsp3) is 0.417. The van der Waals surface area contributed by atoms with E-state index >= 15 is 0 Å². The molecule has 158 valence electrons. The Morgan fingerprint density at radius 2 is 1.83 bits per heavy atom. The number of hydrogen-bond acceptors (Lipinski definition) is 6. The lowest BCUT2D eigenvalue weighted by Crippen LogP contribution is -2.35. The zero-order chi connectivity index (χ0) is 20.8. The van der Waals surface area contributed by atoms with E-state index in [1.807, 2.05) is 36.4 Å². The summed E-state index contributed by atoms with van der Waals surface area (Å²) in [6, 6.07) is 13.4. The second-order valence-corrected chi connectivity index (χ2v) is 7.94. The highest BCUT2D eigenvalue weighted by atomic mass is 16.5. The van der Waals surface area contributed by atoms with Gasteiger partial charge in [0.15, 0.2) is 0 Å². The number of nitrogens with one attached hydrogen (secondary N) is 3. The van der Waals surface area contributed by atoms with Crippen LogP contribution >= 0.6 is 0 Å². The molecule has 1 unspecified atom stereocenters.